The lowest BCUT2D eigenvalue weighted by Crippen LogP contribution is -1.91. The lowest BCUT2D eigenvalue weighted by Gasteiger charge is -2.05. The van der Waals surface area contributed by atoms with Gasteiger partial charge in [-0.25, -0.2) is 0 Å². The molecule has 2 heteroatoms. The first-order chi connectivity index (χ1) is 5.81. The van der Waals surface area contributed by atoms with Crippen LogP contribution in [0.5, 0.6) is 0 Å². The summed E-state index contributed by atoms with van der Waals surface area (Å²) in [5.41, 5.74) is 4.16. The number of nitrogens with one attached hydrogen (secondary N) is 1. The van der Waals surface area contributed by atoms with E-state index in [9.17, 15) is 0 Å². The number of hydrogen-bond donors (Lipinski definition) is 1. The van der Waals surface area contributed by atoms with Gasteiger partial charge in [-0.3, -0.25) is 0 Å². The second-order valence-corrected chi connectivity index (χ2v) is 3.99. The summed E-state index contributed by atoms with van der Waals surface area (Å²) in [6.45, 7) is 3.27. The molecule has 1 heterocycles. The fraction of sp³-hybridized carbons (Fsp3) is 0.400. The smallest absolute Gasteiger partial charge is 0.0377 e. The van der Waals surface area contributed by atoms with E-state index >= 15 is 0 Å². The van der Waals surface area contributed by atoms with E-state index < -0.39 is 0 Å². The number of hydrogen-bond acceptors (Lipinski definition) is 1. The molecular weight excluding hydrogens is 214 g/mol. The van der Waals surface area contributed by atoms with Crippen molar-refractivity contribution >= 4 is 21.6 Å². The average molecular weight is 226 g/mol. The lowest BCUT2D eigenvalue weighted by atomic mass is 10.1. The zero-order chi connectivity index (χ0) is 8.55. The Morgan fingerprint density at radius 3 is 3.08 bits per heavy atom. The molecule has 0 aliphatic carbocycles. The van der Waals surface area contributed by atoms with E-state index in [0.717, 1.165) is 19.4 Å². The maximum Gasteiger partial charge on any atom is 0.0377 e. The fourth-order valence-electron chi connectivity index (χ4n) is 1.63. The molecule has 1 nitrogen and oxygen atoms in total. The molecule has 1 aromatic carbocycles. The SMILES string of the molecule is CCc1cc2c(cc1Br)CCN2. The van der Waals surface area contributed by atoms with Gasteiger partial charge in [0.25, 0.3) is 0 Å². The van der Waals surface area contributed by atoms with Gasteiger partial charge in [-0.15, -0.1) is 0 Å². The quantitative estimate of drug-likeness (QED) is 0.776. The zero-order valence-corrected chi connectivity index (χ0v) is 8.74. The van der Waals surface area contributed by atoms with Crippen molar-refractivity contribution in [2.75, 3.05) is 11.9 Å². The number of anilines is 1. The summed E-state index contributed by atoms with van der Waals surface area (Å²) >= 11 is 3.58. The maximum absolute atomic E-state index is 3.58. The Balaban J connectivity index is 2.49. The molecule has 0 amide bonds. The van der Waals surface area contributed by atoms with Crippen LogP contribution in [0.4, 0.5) is 5.69 Å². The van der Waals surface area contributed by atoms with Crippen molar-refractivity contribution < 1.29 is 0 Å². The highest BCUT2D eigenvalue weighted by Crippen LogP contribution is 2.29. The molecule has 0 unspecified atom stereocenters. The van der Waals surface area contributed by atoms with Crippen molar-refractivity contribution in [3.8, 4) is 0 Å². The zero-order valence-electron chi connectivity index (χ0n) is 7.15. The van der Waals surface area contributed by atoms with Gasteiger partial charge in [0.15, 0.2) is 0 Å². The third-order valence-electron chi connectivity index (χ3n) is 2.36. The molecular formula is C10H12BrN. The van der Waals surface area contributed by atoms with Gasteiger partial charge >= 0.3 is 0 Å². The minimum atomic E-state index is 1.09. The van der Waals surface area contributed by atoms with Gasteiger partial charge in [-0.1, -0.05) is 22.9 Å². The predicted molar refractivity (Wildman–Crippen MR) is 55.7 cm³/mol. The summed E-state index contributed by atoms with van der Waals surface area (Å²) in [6.07, 6.45) is 2.26. The Labute approximate surface area is 81.3 Å². The third-order valence-corrected chi connectivity index (χ3v) is 3.10. The number of fused-ring (bicyclic) bond motifs is 1. The number of halogens is 1. The first-order valence-corrected chi connectivity index (χ1v) is 5.15. The van der Waals surface area contributed by atoms with Crippen LogP contribution >= 0.6 is 15.9 Å². The van der Waals surface area contributed by atoms with Gasteiger partial charge in [0.2, 0.25) is 0 Å². The Kier molecular flexibility index (Phi) is 2.09. The van der Waals surface area contributed by atoms with Crippen molar-refractivity contribution in [2.45, 2.75) is 19.8 Å². The first kappa shape index (κ1) is 8.11. The second-order valence-electron chi connectivity index (χ2n) is 3.13. The van der Waals surface area contributed by atoms with Crippen molar-refractivity contribution in [3.05, 3.63) is 27.7 Å². The number of rotatable bonds is 1. The first-order valence-electron chi connectivity index (χ1n) is 4.36. The van der Waals surface area contributed by atoms with Crippen LogP contribution in [0.3, 0.4) is 0 Å². The van der Waals surface area contributed by atoms with Crippen molar-refractivity contribution in [2.24, 2.45) is 0 Å². The van der Waals surface area contributed by atoms with Crippen LogP contribution in [0, 0.1) is 0 Å². The molecule has 1 aliphatic rings. The summed E-state index contributed by atoms with van der Waals surface area (Å²) in [4.78, 5) is 0. The number of benzene rings is 1. The van der Waals surface area contributed by atoms with Crippen LogP contribution in [0.2, 0.25) is 0 Å². The van der Waals surface area contributed by atoms with Gasteiger partial charge < -0.3 is 5.32 Å². The highest BCUT2D eigenvalue weighted by molar-refractivity contribution is 9.10. The van der Waals surface area contributed by atoms with Crippen molar-refractivity contribution in [3.63, 3.8) is 0 Å². The van der Waals surface area contributed by atoms with Crippen LogP contribution < -0.4 is 5.32 Å². The number of aryl methyl sites for hydroxylation is 1. The topological polar surface area (TPSA) is 12.0 Å². The van der Waals surface area contributed by atoms with Gasteiger partial charge in [-0.2, -0.15) is 0 Å². The molecule has 2 rings (SSSR count). The predicted octanol–water partition coefficient (Wildman–Crippen LogP) is 2.98. The normalized spacial score (nSPS) is 14.2. The molecule has 1 N–H and O–H groups in total. The van der Waals surface area contributed by atoms with Gasteiger partial charge in [0.05, 0.1) is 0 Å². The van der Waals surface area contributed by atoms with E-state index in [1.165, 1.54) is 21.3 Å². The maximum atomic E-state index is 3.58. The molecule has 0 bridgehead atoms. The van der Waals surface area contributed by atoms with Crippen LogP contribution in [-0.4, -0.2) is 6.54 Å². The highest BCUT2D eigenvalue weighted by atomic mass is 79.9. The average Bonchev–Trinajstić information content (AvgIpc) is 2.49. The fourth-order valence-corrected chi connectivity index (χ4v) is 2.30. The molecule has 0 saturated heterocycles. The van der Waals surface area contributed by atoms with Gasteiger partial charge in [-0.05, 0) is 36.1 Å². The molecule has 0 fully saturated rings. The Morgan fingerprint density at radius 1 is 1.50 bits per heavy atom. The van der Waals surface area contributed by atoms with Crippen LogP contribution in [0.15, 0.2) is 16.6 Å². The summed E-state index contributed by atoms with van der Waals surface area (Å²) in [6, 6.07) is 4.50. The third kappa shape index (κ3) is 1.24. The molecule has 1 aromatic rings. The molecule has 0 aromatic heterocycles. The standard InChI is InChI=1S/C10H12BrN/c1-2-7-6-10-8(3-4-12-10)5-9(7)11/h5-6,12H,2-4H2,1H3. The summed E-state index contributed by atoms with van der Waals surface area (Å²) < 4.78 is 1.26. The minimum absolute atomic E-state index is 1.09. The minimum Gasteiger partial charge on any atom is -0.384 e. The molecule has 64 valence electrons. The molecule has 12 heavy (non-hydrogen) atoms. The van der Waals surface area contributed by atoms with E-state index in [1.807, 2.05) is 0 Å². The van der Waals surface area contributed by atoms with E-state index in [2.05, 4.69) is 40.3 Å². The Hall–Kier alpha value is -0.500. The summed E-state index contributed by atoms with van der Waals surface area (Å²) in [5, 5.41) is 3.38. The highest BCUT2D eigenvalue weighted by Gasteiger charge is 2.11. The Morgan fingerprint density at radius 2 is 2.33 bits per heavy atom. The van der Waals surface area contributed by atoms with E-state index in [-0.39, 0.29) is 0 Å². The largest absolute Gasteiger partial charge is 0.384 e. The molecule has 0 radical (unpaired) electrons. The van der Waals surface area contributed by atoms with Crippen LogP contribution in [-0.2, 0) is 12.8 Å². The summed E-state index contributed by atoms with van der Waals surface area (Å²) in [7, 11) is 0. The monoisotopic (exact) mass is 225 g/mol. The summed E-state index contributed by atoms with van der Waals surface area (Å²) in [5.74, 6) is 0. The van der Waals surface area contributed by atoms with E-state index in [4.69, 9.17) is 0 Å². The van der Waals surface area contributed by atoms with E-state index in [0.29, 0.717) is 0 Å². The van der Waals surface area contributed by atoms with Crippen molar-refractivity contribution in [1.82, 2.24) is 0 Å². The van der Waals surface area contributed by atoms with Gasteiger partial charge in [0, 0.05) is 16.7 Å². The Bertz CT molecular complexity index is 306. The lowest BCUT2D eigenvalue weighted by molar-refractivity contribution is 1.10. The van der Waals surface area contributed by atoms with E-state index in [1.54, 1.807) is 0 Å². The second kappa shape index (κ2) is 3.09. The molecule has 0 spiro atoms. The van der Waals surface area contributed by atoms with Crippen molar-refractivity contribution in [1.29, 1.82) is 0 Å². The molecule has 0 saturated carbocycles. The molecule has 1 aliphatic heterocycles. The van der Waals surface area contributed by atoms with Gasteiger partial charge in [0.1, 0.15) is 0 Å². The molecule has 0 atom stereocenters. The van der Waals surface area contributed by atoms with Crippen LogP contribution in [0.1, 0.15) is 18.1 Å². The van der Waals surface area contributed by atoms with Crippen LogP contribution in [0.25, 0.3) is 0 Å².